The lowest BCUT2D eigenvalue weighted by molar-refractivity contribution is -0.143. The summed E-state index contributed by atoms with van der Waals surface area (Å²) in [5.41, 5.74) is -3.54. The predicted molar refractivity (Wildman–Crippen MR) is 128 cm³/mol. The molecule has 0 fully saturated rings. The summed E-state index contributed by atoms with van der Waals surface area (Å²) >= 11 is 0. The molecule has 0 aliphatic carbocycles. The number of rotatable bonds is 5. The molecule has 4 aromatic rings. The third kappa shape index (κ3) is 6.01. The summed E-state index contributed by atoms with van der Waals surface area (Å²) in [4.78, 5) is 33.7. The minimum absolute atomic E-state index is 0.0347. The second-order valence-electron chi connectivity index (χ2n) is 8.92. The molecule has 0 saturated carbocycles. The predicted octanol–water partition coefficient (Wildman–Crippen LogP) is 3.87. The molecule has 0 spiro atoms. The van der Waals surface area contributed by atoms with Gasteiger partial charge < -0.3 is 10.1 Å². The number of ether oxygens (including phenoxy) is 1. The molecule has 4 rings (SSSR count). The molecule has 2 N–H and O–H groups in total. The topological polar surface area (TPSA) is 166 Å². The maximum atomic E-state index is 14.3. The van der Waals surface area contributed by atoms with E-state index in [1.54, 1.807) is 20.8 Å². The number of carbonyl (C=O) groups excluding carboxylic acids is 2. The fraction of sp³-hybridized carbons (Fsp3) is 0.217. The third-order valence-corrected chi connectivity index (χ3v) is 4.80. The first kappa shape index (κ1) is 27.6. The van der Waals surface area contributed by atoms with Gasteiger partial charge in [-0.25, -0.2) is 23.8 Å². The van der Waals surface area contributed by atoms with Crippen molar-refractivity contribution in [2.75, 3.05) is 10.6 Å². The molecule has 0 unspecified atom stereocenters. The molecule has 206 valence electrons. The molecule has 40 heavy (non-hydrogen) atoms. The number of carbonyl (C=O) groups is 2. The first-order chi connectivity index (χ1) is 18.8. The van der Waals surface area contributed by atoms with Crippen LogP contribution in [0, 0.1) is 17.1 Å². The van der Waals surface area contributed by atoms with Crippen LogP contribution in [0.5, 0.6) is 0 Å². The highest BCUT2D eigenvalue weighted by Crippen LogP contribution is 2.34. The zero-order valence-electron chi connectivity index (χ0n) is 20.9. The minimum atomic E-state index is -5.12. The lowest BCUT2D eigenvalue weighted by Crippen LogP contribution is -2.28. The van der Waals surface area contributed by atoms with E-state index in [-0.39, 0.29) is 21.8 Å². The Bertz CT molecular complexity index is 1620. The zero-order valence-corrected chi connectivity index (χ0v) is 20.9. The summed E-state index contributed by atoms with van der Waals surface area (Å²) in [6.07, 6.45) is -1.77. The molecule has 0 aliphatic rings. The van der Waals surface area contributed by atoms with E-state index in [1.807, 2.05) is 11.4 Å². The van der Waals surface area contributed by atoms with Crippen LogP contribution in [0.2, 0.25) is 0 Å². The lowest BCUT2D eigenvalue weighted by atomic mass is 10.2. The highest BCUT2D eigenvalue weighted by atomic mass is 19.4. The number of anilines is 2. The van der Waals surface area contributed by atoms with Crippen molar-refractivity contribution in [1.82, 2.24) is 34.7 Å². The summed E-state index contributed by atoms with van der Waals surface area (Å²) < 4.78 is 62.0. The average molecular weight is 558 g/mol. The SMILES string of the molecule is CC(C)(C)OC(=O)Nc1nc(-n2ncc(C(=O)Nc3cnc(-n4nccn4)c(C#N)c3)c2C(F)(F)F)ccc1F. The van der Waals surface area contributed by atoms with Gasteiger partial charge in [0.05, 0.1) is 36.0 Å². The van der Waals surface area contributed by atoms with Crippen LogP contribution in [0.25, 0.3) is 11.6 Å². The molecule has 17 heteroatoms. The molecule has 0 aromatic carbocycles. The van der Waals surface area contributed by atoms with Crippen molar-refractivity contribution >= 4 is 23.5 Å². The van der Waals surface area contributed by atoms with Crippen molar-refractivity contribution in [2.24, 2.45) is 0 Å². The number of alkyl halides is 3. The normalized spacial score (nSPS) is 11.6. The first-order valence-electron chi connectivity index (χ1n) is 11.2. The summed E-state index contributed by atoms with van der Waals surface area (Å²) in [5, 5.41) is 25.0. The maximum absolute atomic E-state index is 14.3. The Kier molecular flexibility index (Phi) is 7.18. The Morgan fingerprint density at radius 2 is 1.75 bits per heavy atom. The van der Waals surface area contributed by atoms with Crippen molar-refractivity contribution < 1.29 is 31.9 Å². The molecular weight excluding hydrogens is 540 g/mol. The van der Waals surface area contributed by atoms with Gasteiger partial charge in [-0.15, -0.1) is 4.80 Å². The number of nitriles is 1. The van der Waals surface area contributed by atoms with Crippen molar-refractivity contribution in [1.29, 1.82) is 5.26 Å². The van der Waals surface area contributed by atoms with Crippen molar-refractivity contribution in [3.05, 3.63) is 65.6 Å². The molecule has 2 amide bonds. The quantitative estimate of drug-likeness (QED) is 0.346. The van der Waals surface area contributed by atoms with E-state index in [0.717, 1.165) is 23.1 Å². The average Bonchev–Trinajstić information content (AvgIpc) is 3.54. The molecule has 0 atom stereocenters. The van der Waals surface area contributed by atoms with Gasteiger partial charge in [0.15, 0.2) is 29.0 Å². The van der Waals surface area contributed by atoms with Crippen molar-refractivity contribution in [3.63, 3.8) is 0 Å². The van der Waals surface area contributed by atoms with E-state index in [4.69, 9.17) is 4.74 Å². The van der Waals surface area contributed by atoms with Gasteiger partial charge in [-0.05, 0) is 39.0 Å². The van der Waals surface area contributed by atoms with Crippen LogP contribution in [-0.4, -0.2) is 52.3 Å². The van der Waals surface area contributed by atoms with Gasteiger partial charge in [0.1, 0.15) is 17.2 Å². The summed E-state index contributed by atoms with van der Waals surface area (Å²) in [6.45, 7) is 4.67. The van der Waals surface area contributed by atoms with Crippen molar-refractivity contribution in [2.45, 2.75) is 32.5 Å². The Labute approximate surface area is 222 Å². The van der Waals surface area contributed by atoms with Gasteiger partial charge in [-0.1, -0.05) is 0 Å². The van der Waals surface area contributed by atoms with Gasteiger partial charge in [-0.3, -0.25) is 10.1 Å². The second-order valence-corrected chi connectivity index (χ2v) is 8.92. The highest BCUT2D eigenvalue weighted by molar-refractivity contribution is 6.05. The zero-order chi connectivity index (χ0) is 29.2. The number of hydrogen-bond acceptors (Lipinski definition) is 9. The van der Waals surface area contributed by atoms with Gasteiger partial charge in [-0.2, -0.15) is 33.7 Å². The van der Waals surface area contributed by atoms with Crippen LogP contribution in [0.3, 0.4) is 0 Å². The Hall–Kier alpha value is -5.40. The van der Waals surface area contributed by atoms with E-state index in [9.17, 15) is 32.4 Å². The smallest absolute Gasteiger partial charge is 0.434 e. The molecule has 0 saturated heterocycles. The number of nitrogens with one attached hydrogen (secondary N) is 2. The van der Waals surface area contributed by atoms with E-state index in [0.29, 0.717) is 6.20 Å². The largest absolute Gasteiger partial charge is 0.444 e. The fourth-order valence-corrected chi connectivity index (χ4v) is 3.29. The Balaban J connectivity index is 1.66. The fourth-order valence-electron chi connectivity index (χ4n) is 3.29. The molecule has 0 radical (unpaired) electrons. The van der Waals surface area contributed by atoms with Crippen LogP contribution >= 0.6 is 0 Å². The molecule has 0 bridgehead atoms. The summed E-state index contributed by atoms with van der Waals surface area (Å²) in [5.74, 6) is -3.52. The number of hydrogen-bond donors (Lipinski definition) is 2. The van der Waals surface area contributed by atoms with Crippen LogP contribution < -0.4 is 10.6 Å². The first-order valence-corrected chi connectivity index (χ1v) is 11.2. The summed E-state index contributed by atoms with van der Waals surface area (Å²) in [6, 6.07) is 4.67. The molecule has 13 nitrogen and oxygen atoms in total. The van der Waals surface area contributed by atoms with Crippen LogP contribution in [-0.2, 0) is 10.9 Å². The molecule has 4 aromatic heterocycles. The number of halogens is 4. The van der Waals surface area contributed by atoms with Crippen LogP contribution in [0.4, 0.5) is 33.9 Å². The van der Waals surface area contributed by atoms with E-state index >= 15 is 0 Å². The maximum Gasteiger partial charge on any atom is 0.434 e. The number of nitrogens with zero attached hydrogens (tertiary/aromatic N) is 8. The lowest BCUT2D eigenvalue weighted by Gasteiger charge is -2.19. The van der Waals surface area contributed by atoms with Gasteiger partial charge in [0.2, 0.25) is 0 Å². The van der Waals surface area contributed by atoms with Crippen LogP contribution in [0.15, 0.2) is 43.0 Å². The molecule has 4 heterocycles. The van der Waals surface area contributed by atoms with E-state index in [2.05, 4.69) is 30.6 Å². The van der Waals surface area contributed by atoms with Gasteiger partial charge in [0.25, 0.3) is 5.91 Å². The number of amides is 2. The van der Waals surface area contributed by atoms with E-state index in [1.165, 1.54) is 18.5 Å². The molecule has 0 aliphatic heterocycles. The summed E-state index contributed by atoms with van der Waals surface area (Å²) in [7, 11) is 0. The van der Waals surface area contributed by atoms with Gasteiger partial charge in [0, 0.05) is 0 Å². The monoisotopic (exact) mass is 558 g/mol. The second kappa shape index (κ2) is 10.4. The standard InChI is InChI=1S/C23H18F4N10O3/c1-22(2,3)40-21(39)35-18-15(24)4-5-16(34-18)36-17(23(25,26)27)14(11-32-36)20(38)33-13-8-12(9-28)19(29-10-13)37-30-6-7-31-37/h4-8,10-11H,1-3H3,(H,33,38)(H,34,35,39). The Morgan fingerprint density at radius 3 is 2.38 bits per heavy atom. The van der Waals surface area contributed by atoms with E-state index < -0.39 is 52.5 Å². The third-order valence-electron chi connectivity index (χ3n) is 4.80. The number of aromatic nitrogens is 7. The van der Waals surface area contributed by atoms with Crippen molar-refractivity contribution in [3.8, 4) is 17.7 Å². The minimum Gasteiger partial charge on any atom is -0.444 e. The molecular formula is C23H18F4N10O3. The highest BCUT2D eigenvalue weighted by Gasteiger charge is 2.41. The van der Waals surface area contributed by atoms with Gasteiger partial charge >= 0.3 is 12.3 Å². The Morgan fingerprint density at radius 1 is 1.05 bits per heavy atom. The number of pyridine rings is 2. The van der Waals surface area contributed by atoms with Crippen LogP contribution in [0.1, 0.15) is 42.4 Å².